The number of imidazole rings is 1. The van der Waals surface area contributed by atoms with Crippen LogP contribution in [0.15, 0.2) is 48.5 Å². The topological polar surface area (TPSA) is 76.8 Å². The molecule has 3 N–H and O–H groups in total. The Kier molecular flexibility index (Phi) is 5.62. The van der Waals surface area contributed by atoms with E-state index >= 15 is 0 Å². The van der Waals surface area contributed by atoms with Gasteiger partial charge in [-0.05, 0) is 28.7 Å². The lowest BCUT2D eigenvalue weighted by Crippen LogP contribution is -2.30. The van der Waals surface area contributed by atoms with Gasteiger partial charge in [-0.15, -0.1) is 12.4 Å². The standard InChI is InChI=1S/C20H24N4O.ClH/c1-20(2,3)15-10-8-14(9-11-15)12-23-16-6-4-5-7-17(16)24(19(23)22)13-18(21)25;/h4-11,22H,12-13H2,1-3H3,(H2,21,25);1H. The molecule has 2 aromatic carbocycles. The maximum absolute atomic E-state index is 11.4. The largest absolute Gasteiger partial charge is 0.368 e. The predicted molar refractivity (Wildman–Crippen MR) is 106 cm³/mol. The molecule has 0 fully saturated rings. The van der Waals surface area contributed by atoms with Crippen molar-refractivity contribution in [2.45, 2.75) is 39.3 Å². The molecule has 0 aliphatic carbocycles. The molecule has 0 bridgehead atoms. The minimum Gasteiger partial charge on any atom is -0.368 e. The first-order valence-corrected chi connectivity index (χ1v) is 8.38. The van der Waals surface area contributed by atoms with Gasteiger partial charge < -0.3 is 14.9 Å². The molecular formula is C20H25ClN4O. The molecule has 0 radical (unpaired) electrons. The third-order valence-corrected chi connectivity index (χ3v) is 4.45. The van der Waals surface area contributed by atoms with Gasteiger partial charge >= 0.3 is 0 Å². The summed E-state index contributed by atoms with van der Waals surface area (Å²) >= 11 is 0. The van der Waals surface area contributed by atoms with Crippen LogP contribution in [-0.4, -0.2) is 15.0 Å². The molecular weight excluding hydrogens is 348 g/mol. The number of carbonyl (C=O) groups excluding carboxylic acids is 1. The number of hydrogen-bond acceptors (Lipinski definition) is 2. The van der Waals surface area contributed by atoms with Crippen LogP contribution in [0.3, 0.4) is 0 Å². The van der Waals surface area contributed by atoms with E-state index in [0.717, 1.165) is 16.6 Å². The second-order valence-corrected chi connectivity index (χ2v) is 7.40. The van der Waals surface area contributed by atoms with E-state index in [0.29, 0.717) is 6.54 Å². The third-order valence-electron chi connectivity index (χ3n) is 4.45. The fourth-order valence-electron chi connectivity index (χ4n) is 3.06. The highest BCUT2D eigenvalue weighted by atomic mass is 35.5. The van der Waals surface area contributed by atoms with E-state index in [1.165, 1.54) is 5.56 Å². The van der Waals surface area contributed by atoms with Crippen molar-refractivity contribution < 1.29 is 4.79 Å². The highest BCUT2D eigenvalue weighted by molar-refractivity contribution is 5.85. The number of aromatic nitrogens is 2. The molecule has 0 aliphatic heterocycles. The summed E-state index contributed by atoms with van der Waals surface area (Å²) in [7, 11) is 0. The van der Waals surface area contributed by atoms with Gasteiger partial charge in [0.2, 0.25) is 11.5 Å². The zero-order valence-corrected chi connectivity index (χ0v) is 16.1. The lowest BCUT2D eigenvalue weighted by molar-refractivity contribution is -0.118. The summed E-state index contributed by atoms with van der Waals surface area (Å²) in [4.78, 5) is 11.4. The number of amides is 1. The summed E-state index contributed by atoms with van der Waals surface area (Å²) in [6, 6.07) is 16.2. The van der Waals surface area contributed by atoms with Gasteiger partial charge in [-0.25, -0.2) is 0 Å². The van der Waals surface area contributed by atoms with Crippen molar-refractivity contribution in [2.75, 3.05) is 0 Å². The summed E-state index contributed by atoms with van der Waals surface area (Å²) in [5.41, 5.74) is 9.91. The van der Waals surface area contributed by atoms with Crippen LogP contribution in [0.1, 0.15) is 31.9 Å². The van der Waals surface area contributed by atoms with E-state index in [-0.39, 0.29) is 30.0 Å². The highest BCUT2D eigenvalue weighted by Crippen LogP contribution is 2.22. The molecule has 1 heterocycles. The molecule has 1 aromatic heterocycles. The number of nitrogens with one attached hydrogen (secondary N) is 1. The van der Waals surface area contributed by atoms with Crippen molar-refractivity contribution in [2.24, 2.45) is 5.73 Å². The Morgan fingerprint density at radius 2 is 1.54 bits per heavy atom. The van der Waals surface area contributed by atoms with E-state index in [2.05, 4.69) is 45.0 Å². The molecule has 0 atom stereocenters. The molecule has 0 unspecified atom stereocenters. The minimum absolute atomic E-state index is 0. The fraction of sp³-hybridized carbons (Fsp3) is 0.300. The van der Waals surface area contributed by atoms with E-state index in [9.17, 15) is 4.79 Å². The number of rotatable bonds is 4. The number of para-hydroxylation sites is 2. The van der Waals surface area contributed by atoms with Gasteiger partial charge in [-0.1, -0.05) is 57.2 Å². The Morgan fingerprint density at radius 3 is 2.04 bits per heavy atom. The summed E-state index contributed by atoms with van der Waals surface area (Å²) in [5.74, 6) is -0.448. The first-order valence-electron chi connectivity index (χ1n) is 8.38. The zero-order valence-electron chi connectivity index (χ0n) is 15.3. The minimum atomic E-state index is -0.448. The molecule has 26 heavy (non-hydrogen) atoms. The number of hydrogen-bond donors (Lipinski definition) is 2. The lowest BCUT2D eigenvalue weighted by Gasteiger charge is -2.19. The van der Waals surface area contributed by atoms with Gasteiger partial charge in [0.25, 0.3) is 0 Å². The van der Waals surface area contributed by atoms with E-state index in [1.807, 2.05) is 28.8 Å². The van der Waals surface area contributed by atoms with Crippen molar-refractivity contribution in [3.63, 3.8) is 0 Å². The molecule has 0 saturated heterocycles. The summed E-state index contributed by atoms with van der Waals surface area (Å²) in [6.07, 6.45) is 0. The molecule has 3 rings (SSSR count). The average molecular weight is 373 g/mol. The lowest BCUT2D eigenvalue weighted by atomic mass is 9.87. The Balaban J connectivity index is 0.00000243. The number of primary amides is 1. The average Bonchev–Trinajstić information content (AvgIpc) is 2.80. The second-order valence-electron chi connectivity index (χ2n) is 7.40. The van der Waals surface area contributed by atoms with Gasteiger partial charge in [0.1, 0.15) is 6.54 Å². The number of nitrogens with two attached hydrogens (primary N) is 1. The number of benzene rings is 2. The van der Waals surface area contributed by atoms with E-state index in [1.54, 1.807) is 4.57 Å². The fourth-order valence-corrected chi connectivity index (χ4v) is 3.06. The number of nitrogens with zero attached hydrogens (tertiary/aromatic N) is 2. The van der Waals surface area contributed by atoms with E-state index in [4.69, 9.17) is 11.1 Å². The maximum atomic E-state index is 11.4. The quantitative estimate of drug-likeness (QED) is 0.725. The molecule has 138 valence electrons. The van der Waals surface area contributed by atoms with Crippen LogP contribution < -0.4 is 11.4 Å². The van der Waals surface area contributed by atoms with Gasteiger partial charge in [0.05, 0.1) is 17.6 Å². The van der Waals surface area contributed by atoms with Gasteiger partial charge in [-0.3, -0.25) is 10.2 Å². The third kappa shape index (κ3) is 3.83. The number of halogens is 1. The Hall–Kier alpha value is -2.53. The van der Waals surface area contributed by atoms with Crippen molar-refractivity contribution in [3.8, 4) is 0 Å². The van der Waals surface area contributed by atoms with Crippen LogP contribution in [0.2, 0.25) is 0 Å². The molecule has 1 amide bonds. The van der Waals surface area contributed by atoms with Gasteiger partial charge in [-0.2, -0.15) is 0 Å². The molecule has 6 heteroatoms. The summed E-state index contributed by atoms with van der Waals surface area (Å²) in [6.45, 7) is 7.16. The molecule has 0 spiro atoms. The van der Waals surface area contributed by atoms with Crippen LogP contribution in [-0.2, 0) is 23.3 Å². The Morgan fingerprint density at radius 1 is 1.00 bits per heavy atom. The highest BCUT2D eigenvalue weighted by Gasteiger charge is 2.14. The number of carbonyl (C=O) groups is 1. The van der Waals surface area contributed by atoms with Crippen molar-refractivity contribution in [3.05, 3.63) is 65.3 Å². The second kappa shape index (κ2) is 7.38. The van der Waals surface area contributed by atoms with Crippen LogP contribution in [0.5, 0.6) is 0 Å². The first kappa shape index (κ1) is 19.8. The summed E-state index contributed by atoms with van der Waals surface area (Å²) in [5, 5.41) is 8.48. The molecule has 0 saturated carbocycles. The van der Waals surface area contributed by atoms with Crippen LogP contribution >= 0.6 is 12.4 Å². The van der Waals surface area contributed by atoms with Crippen LogP contribution in [0.4, 0.5) is 0 Å². The maximum Gasteiger partial charge on any atom is 0.237 e. The van der Waals surface area contributed by atoms with Gasteiger partial charge in [0.15, 0.2) is 0 Å². The Labute approximate surface area is 159 Å². The van der Waals surface area contributed by atoms with Crippen molar-refractivity contribution in [1.29, 1.82) is 5.41 Å². The predicted octanol–water partition coefficient (Wildman–Crippen LogP) is 3.18. The van der Waals surface area contributed by atoms with Crippen LogP contribution in [0, 0.1) is 5.41 Å². The molecule has 5 nitrogen and oxygen atoms in total. The van der Waals surface area contributed by atoms with Crippen molar-refractivity contribution >= 4 is 29.3 Å². The van der Waals surface area contributed by atoms with E-state index < -0.39 is 5.91 Å². The van der Waals surface area contributed by atoms with Crippen LogP contribution in [0.25, 0.3) is 11.0 Å². The zero-order chi connectivity index (χ0) is 18.2. The monoisotopic (exact) mass is 372 g/mol. The number of fused-ring (bicyclic) bond motifs is 1. The molecule has 3 aromatic rings. The molecule has 0 aliphatic rings. The smallest absolute Gasteiger partial charge is 0.237 e. The Bertz CT molecular complexity index is 978. The SMILES string of the molecule is CC(C)(C)c1ccc(Cn2c(=N)n(CC(N)=O)c3ccccc32)cc1.Cl. The first-order chi connectivity index (χ1) is 11.8. The van der Waals surface area contributed by atoms with Crippen molar-refractivity contribution in [1.82, 2.24) is 9.13 Å². The normalized spacial score (nSPS) is 11.3. The summed E-state index contributed by atoms with van der Waals surface area (Å²) < 4.78 is 3.56. The van der Waals surface area contributed by atoms with Gasteiger partial charge in [0, 0.05) is 0 Å².